The van der Waals surface area contributed by atoms with Gasteiger partial charge in [0.1, 0.15) is 12.4 Å². The number of hydrogen-bond donors (Lipinski definition) is 2. The van der Waals surface area contributed by atoms with E-state index in [4.69, 9.17) is 4.74 Å². The Kier molecular flexibility index (Phi) is 11.1. The molecule has 0 radical (unpaired) electrons. The lowest BCUT2D eigenvalue weighted by Gasteiger charge is -2.34. The predicted octanol–water partition coefficient (Wildman–Crippen LogP) is 1.32. The van der Waals surface area contributed by atoms with Gasteiger partial charge in [-0.25, -0.2) is 0 Å². The number of hydrogen-bond acceptors (Lipinski definition) is 4. The van der Waals surface area contributed by atoms with Gasteiger partial charge in [-0.2, -0.15) is 0 Å². The Morgan fingerprint density at radius 1 is 1.11 bits per heavy atom. The van der Waals surface area contributed by atoms with Crippen molar-refractivity contribution in [1.82, 2.24) is 20.4 Å². The second-order valence-electron chi connectivity index (χ2n) is 6.43. The zero-order valence-electron chi connectivity index (χ0n) is 16.5. The molecule has 1 fully saturated rings. The van der Waals surface area contributed by atoms with Gasteiger partial charge in [-0.05, 0) is 19.1 Å². The molecule has 1 aliphatic heterocycles. The standard InChI is InChI=1S/C19H31N5O2.HI/c1-16-4-6-18(7-5-16)26-15-9-22-19(20-3)21-8-10-23-11-13-24(14-12-23)17(2)25;/h4-7H,8-15H2,1-3H3,(H2,20,21,22);1H. The second kappa shape index (κ2) is 12.8. The largest absolute Gasteiger partial charge is 0.492 e. The van der Waals surface area contributed by atoms with E-state index >= 15 is 0 Å². The number of nitrogens with one attached hydrogen (secondary N) is 2. The average molecular weight is 489 g/mol. The minimum atomic E-state index is 0. The van der Waals surface area contributed by atoms with Gasteiger partial charge in [0.25, 0.3) is 0 Å². The van der Waals surface area contributed by atoms with Gasteiger partial charge < -0.3 is 20.3 Å². The molecule has 0 saturated carbocycles. The van der Waals surface area contributed by atoms with Crippen molar-refractivity contribution in [3.05, 3.63) is 29.8 Å². The van der Waals surface area contributed by atoms with E-state index in [2.05, 4.69) is 27.4 Å². The molecule has 2 rings (SSSR count). The van der Waals surface area contributed by atoms with Crippen molar-refractivity contribution in [2.45, 2.75) is 13.8 Å². The maximum absolute atomic E-state index is 11.3. The van der Waals surface area contributed by atoms with Gasteiger partial charge in [0, 0.05) is 53.2 Å². The van der Waals surface area contributed by atoms with Gasteiger partial charge >= 0.3 is 0 Å². The first-order valence-electron chi connectivity index (χ1n) is 9.20. The lowest BCUT2D eigenvalue weighted by atomic mass is 10.2. The summed E-state index contributed by atoms with van der Waals surface area (Å²) in [5.74, 6) is 1.82. The summed E-state index contributed by atoms with van der Waals surface area (Å²) >= 11 is 0. The molecule has 2 N–H and O–H groups in total. The minimum Gasteiger partial charge on any atom is -0.492 e. The Bertz CT molecular complexity index is 586. The third-order valence-electron chi connectivity index (χ3n) is 4.45. The number of ether oxygens (including phenoxy) is 1. The summed E-state index contributed by atoms with van der Waals surface area (Å²) in [6.45, 7) is 10.2. The molecule has 0 aromatic heterocycles. The Morgan fingerprint density at radius 3 is 2.33 bits per heavy atom. The highest BCUT2D eigenvalue weighted by molar-refractivity contribution is 14.0. The lowest BCUT2D eigenvalue weighted by molar-refractivity contribution is -0.130. The van der Waals surface area contributed by atoms with Crippen LogP contribution in [0.4, 0.5) is 0 Å². The summed E-state index contributed by atoms with van der Waals surface area (Å²) in [4.78, 5) is 19.8. The van der Waals surface area contributed by atoms with E-state index in [1.807, 2.05) is 29.2 Å². The van der Waals surface area contributed by atoms with Crippen LogP contribution in [0.2, 0.25) is 0 Å². The molecule has 27 heavy (non-hydrogen) atoms. The number of carbonyl (C=O) groups excluding carboxylic acids is 1. The first-order valence-corrected chi connectivity index (χ1v) is 9.20. The molecular weight excluding hydrogens is 457 g/mol. The normalized spacial score (nSPS) is 15.1. The molecule has 1 aliphatic rings. The minimum absolute atomic E-state index is 0. The Labute approximate surface area is 179 Å². The number of nitrogens with zero attached hydrogens (tertiary/aromatic N) is 3. The van der Waals surface area contributed by atoms with Crippen molar-refractivity contribution in [1.29, 1.82) is 0 Å². The van der Waals surface area contributed by atoms with Crippen LogP contribution in [-0.4, -0.2) is 81.1 Å². The zero-order valence-corrected chi connectivity index (χ0v) is 18.9. The van der Waals surface area contributed by atoms with Crippen LogP contribution in [0.5, 0.6) is 5.75 Å². The fraction of sp³-hybridized carbons (Fsp3) is 0.579. The quantitative estimate of drug-likeness (QED) is 0.262. The number of aryl methyl sites for hydroxylation is 1. The lowest BCUT2D eigenvalue weighted by Crippen LogP contribution is -2.50. The van der Waals surface area contributed by atoms with E-state index < -0.39 is 0 Å². The van der Waals surface area contributed by atoms with Crippen molar-refractivity contribution in [2.24, 2.45) is 4.99 Å². The molecule has 0 unspecified atom stereocenters. The monoisotopic (exact) mass is 489 g/mol. The van der Waals surface area contributed by atoms with E-state index in [0.717, 1.165) is 51.0 Å². The molecule has 1 aromatic carbocycles. The second-order valence-corrected chi connectivity index (χ2v) is 6.43. The van der Waals surface area contributed by atoms with Gasteiger partial charge in [-0.15, -0.1) is 24.0 Å². The van der Waals surface area contributed by atoms with Gasteiger partial charge in [0.2, 0.25) is 5.91 Å². The first-order chi connectivity index (χ1) is 12.6. The van der Waals surface area contributed by atoms with Crippen LogP contribution in [-0.2, 0) is 4.79 Å². The molecule has 1 aromatic rings. The van der Waals surface area contributed by atoms with Gasteiger partial charge in [0.05, 0.1) is 6.54 Å². The van der Waals surface area contributed by atoms with Crippen molar-refractivity contribution < 1.29 is 9.53 Å². The molecule has 7 nitrogen and oxygen atoms in total. The van der Waals surface area contributed by atoms with Crippen LogP contribution < -0.4 is 15.4 Å². The van der Waals surface area contributed by atoms with Crippen LogP contribution in [0.25, 0.3) is 0 Å². The van der Waals surface area contributed by atoms with Crippen LogP contribution in [0.1, 0.15) is 12.5 Å². The number of benzene rings is 1. The molecule has 152 valence electrons. The van der Waals surface area contributed by atoms with Crippen LogP contribution in [0.3, 0.4) is 0 Å². The maximum Gasteiger partial charge on any atom is 0.219 e. The molecule has 0 aliphatic carbocycles. The van der Waals surface area contributed by atoms with Crippen molar-refractivity contribution in [3.8, 4) is 5.75 Å². The van der Waals surface area contributed by atoms with E-state index in [-0.39, 0.29) is 29.9 Å². The van der Waals surface area contributed by atoms with Crippen LogP contribution >= 0.6 is 24.0 Å². The van der Waals surface area contributed by atoms with Gasteiger partial charge in [0.15, 0.2) is 5.96 Å². The van der Waals surface area contributed by atoms with E-state index in [1.165, 1.54) is 5.56 Å². The number of guanidine groups is 1. The molecule has 1 heterocycles. The van der Waals surface area contributed by atoms with E-state index in [1.54, 1.807) is 14.0 Å². The van der Waals surface area contributed by atoms with Crippen LogP contribution in [0, 0.1) is 6.92 Å². The first kappa shape index (κ1) is 23.5. The molecule has 0 bridgehead atoms. The summed E-state index contributed by atoms with van der Waals surface area (Å²) in [6, 6.07) is 8.04. The zero-order chi connectivity index (χ0) is 18.8. The third-order valence-corrected chi connectivity index (χ3v) is 4.45. The van der Waals surface area contributed by atoms with Crippen LogP contribution in [0.15, 0.2) is 29.3 Å². The molecule has 1 amide bonds. The molecular formula is C19H32IN5O2. The number of piperazine rings is 1. The molecule has 8 heteroatoms. The van der Waals surface area contributed by atoms with Gasteiger partial charge in [-0.1, -0.05) is 17.7 Å². The highest BCUT2D eigenvalue weighted by Crippen LogP contribution is 2.10. The van der Waals surface area contributed by atoms with Crippen molar-refractivity contribution >= 4 is 35.8 Å². The predicted molar refractivity (Wildman–Crippen MR) is 120 cm³/mol. The maximum atomic E-state index is 11.3. The van der Waals surface area contributed by atoms with Crippen molar-refractivity contribution in [3.63, 3.8) is 0 Å². The van der Waals surface area contributed by atoms with Gasteiger partial charge in [-0.3, -0.25) is 14.7 Å². The fourth-order valence-corrected chi connectivity index (χ4v) is 2.81. The topological polar surface area (TPSA) is 69.2 Å². The number of carbonyl (C=O) groups is 1. The molecule has 1 saturated heterocycles. The Balaban J connectivity index is 0.00000364. The van der Waals surface area contributed by atoms with E-state index in [0.29, 0.717) is 13.2 Å². The summed E-state index contributed by atoms with van der Waals surface area (Å²) in [7, 11) is 1.77. The number of halogens is 1. The fourth-order valence-electron chi connectivity index (χ4n) is 2.81. The number of aliphatic imine (C=N–C) groups is 1. The smallest absolute Gasteiger partial charge is 0.219 e. The highest BCUT2D eigenvalue weighted by atomic mass is 127. The molecule has 0 spiro atoms. The molecule has 0 atom stereocenters. The van der Waals surface area contributed by atoms with Crippen molar-refractivity contribution in [2.75, 3.05) is 59.5 Å². The Hall–Kier alpha value is -1.55. The third kappa shape index (κ3) is 8.79. The number of rotatable bonds is 7. The highest BCUT2D eigenvalue weighted by Gasteiger charge is 2.17. The SMILES string of the molecule is CN=C(NCCOc1ccc(C)cc1)NCCN1CCN(C(C)=O)CC1.I. The summed E-state index contributed by atoms with van der Waals surface area (Å²) in [5, 5.41) is 6.57. The summed E-state index contributed by atoms with van der Waals surface area (Å²) in [5.41, 5.74) is 1.22. The summed E-state index contributed by atoms with van der Waals surface area (Å²) in [6.07, 6.45) is 0. The van der Waals surface area contributed by atoms with E-state index in [9.17, 15) is 4.79 Å². The summed E-state index contributed by atoms with van der Waals surface area (Å²) < 4.78 is 5.70. The Morgan fingerprint density at radius 2 is 1.74 bits per heavy atom. The number of amides is 1. The average Bonchev–Trinajstić information content (AvgIpc) is 2.65.